The van der Waals surface area contributed by atoms with Crippen molar-refractivity contribution in [2.75, 3.05) is 38.2 Å². The Hall–Kier alpha value is -1.89. The molecule has 1 atom stereocenters. The number of benzene rings is 2. The number of halogens is 1. The van der Waals surface area contributed by atoms with Gasteiger partial charge in [-0.3, -0.25) is 9.69 Å². The van der Waals surface area contributed by atoms with E-state index in [0.29, 0.717) is 18.1 Å². The van der Waals surface area contributed by atoms with Crippen molar-refractivity contribution in [1.82, 2.24) is 4.90 Å². The number of rotatable bonds is 6. The first-order chi connectivity index (χ1) is 13.0. The Balaban J connectivity index is 1.75. The summed E-state index contributed by atoms with van der Waals surface area (Å²) in [6.07, 6.45) is 0. The first-order valence-corrected chi connectivity index (χ1v) is 10.0. The molecule has 27 heavy (non-hydrogen) atoms. The van der Waals surface area contributed by atoms with Crippen LogP contribution < -0.4 is 9.64 Å². The van der Waals surface area contributed by atoms with E-state index in [1.165, 1.54) is 0 Å². The van der Waals surface area contributed by atoms with Gasteiger partial charge in [-0.2, -0.15) is 0 Å². The number of hydrogen-bond donors (Lipinski definition) is 1. The van der Waals surface area contributed by atoms with Gasteiger partial charge in [0.25, 0.3) is 0 Å². The molecule has 7 heteroatoms. The van der Waals surface area contributed by atoms with Crippen molar-refractivity contribution in [2.24, 2.45) is 0 Å². The smallest absolute Gasteiger partial charge is 0.320 e. The minimum Gasteiger partial charge on any atom is -0.497 e. The number of carboxylic acids is 1. The SMILES string of the molecule is COc1ccc(Sc2ccc(Cl)cc2N2CCN([C@H](C)C(=O)O)CC2)cc1. The average molecular weight is 407 g/mol. The van der Waals surface area contributed by atoms with Crippen LogP contribution in [-0.4, -0.2) is 55.3 Å². The maximum absolute atomic E-state index is 11.2. The van der Waals surface area contributed by atoms with Crippen molar-refractivity contribution in [3.63, 3.8) is 0 Å². The standard InChI is InChI=1S/C20H23ClN2O3S/c1-14(20(24)25)22-9-11-23(12-10-22)18-13-15(21)3-8-19(18)27-17-6-4-16(26-2)5-7-17/h3-8,13-14H,9-12H2,1-2H3,(H,24,25)/t14-/m1/s1. The molecule has 3 rings (SSSR count). The molecule has 5 nitrogen and oxygen atoms in total. The summed E-state index contributed by atoms with van der Waals surface area (Å²) >= 11 is 7.94. The molecule has 0 saturated carbocycles. The monoisotopic (exact) mass is 406 g/mol. The van der Waals surface area contributed by atoms with Crippen LogP contribution >= 0.6 is 23.4 Å². The Morgan fingerprint density at radius 1 is 1.15 bits per heavy atom. The molecule has 1 heterocycles. The highest BCUT2D eigenvalue weighted by Crippen LogP contribution is 2.38. The molecule has 1 aliphatic heterocycles. The zero-order valence-corrected chi connectivity index (χ0v) is 17.0. The lowest BCUT2D eigenvalue weighted by molar-refractivity contribution is -0.142. The number of piperazine rings is 1. The number of anilines is 1. The van der Waals surface area contributed by atoms with E-state index in [0.717, 1.165) is 34.3 Å². The van der Waals surface area contributed by atoms with Gasteiger partial charge in [0.05, 0.1) is 12.8 Å². The van der Waals surface area contributed by atoms with Crippen molar-refractivity contribution in [3.05, 3.63) is 47.5 Å². The average Bonchev–Trinajstić information content (AvgIpc) is 2.69. The zero-order valence-electron chi connectivity index (χ0n) is 15.4. The predicted molar refractivity (Wildman–Crippen MR) is 109 cm³/mol. The van der Waals surface area contributed by atoms with E-state index in [1.54, 1.807) is 25.8 Å². The molecule has 0 amide bonds. The lowest BCUT2D eigenvalue weighted by Gasteiger charge is -2.38. The fourth-order valence-electron chi connectivity index (χ4n) is 3.10. The summed E-state index contributed by atoms with van der Waals surface area (Å²) in [5, 5.41) is 9.91. The number of carbonyl (C=O) groups is 1. The summed E-state index contributed by atoms with van der Waals surface area (Å²) in [6, 6.07) is 13.4. The topological polar surface area (TPSA) is 53.0 Å². The summed E-state index contributed by atoms with van der Waals surface area (Å²) in [5.41, 5.74) is 1.09. The molecular weight excluding hydrogens is 384 g/mol. The largest absolute Gasteiger partial charge is 0.497 e. The molecule has 0 radical (unpaired) electrons. The van der Waals surface area contributed by atoms with E-state index in [9.17, 15) is 9.90 Å². The van der Waals surface area contributed by atoms with Crippen LogP contribution in [0.15, 0.2) is 52.3 Å². The van der Waals surface area contributed by atoms with Crippen LogP contribution in [0.3, 0.4) is 0 Å². The van der Waals surface area contributed by atoms with Gasteiger partial charge in [-0.25, -0.2) is 0 Å². The molecule has 1 aliphatic rings. The van der Waals surface area contributed by atoms with E-state index in [4.69, 9.17) is 16.3 Å². The fraction of sp³-hybridized carbons (Fsp3) is 0.350. The summed E-state index contributed by atoms with van der Waals surface area (Å²) in [5.74, 6) is 0.0568. The van der Waals surface area contributed by atoms with Gasteiger partial charge in [0.1, 0.15) is 11.8 Å². The Bertz CT molecular complexity index is 792. The predicted octanol–water partition coefficient (Wildman–Crippen LogP) is 4.09. The van der Waals surface area contributed by atoms with Gasteiger partial charge in [-0.1, -0.05) is 23.4 Å². The minimum atomic E-state index is -0.776. The molecular formula is C20H23ClN2O3S. The minimum absolute atomic E-state index is 0.459. The van der Waals surface area contributed by atoms with Crippen LogP contribution in [0.1, 0.15) is 6.92 Å². The van der Waals surface area contributed by atoms with E-state index in [-0.39, 0.29) is 0 Å². The van der Waals surface area contributed by atoms with Crippen LogP contribution in [0.25, 0.3) is 0 Å². The van der Waals surface area contributed by atoms with Gasteiger partial charge in [-0.15, -0.1) is 0 Å². The van der Waals surface area contributed by atoms with Gasteiger partial charge < -0.3 is 14.7 Å². The van der Waals surface area contributed by atoms with Crippen LogP contribution in [0.2, 0.25) is 5.02 Å². The highest BCUT2D eigenvalue weighted by Gasteiger charge is 2.26. The van der Waals surface area contributed by atoms with Crippen molar-refractivity contribution in [2.45, 2.75) is 22.8 Å². The molecule has 0 spiro atoms. The van der Waals surface area contributed by atoms with Crippen LogP contribution in [0, 0.1) is 0 Å². The Morgan fingerprint density at radius 3 is 2.41 bits per heavy atom. The first kappa shape index (κ1) is 19.9. The van der Waals surface area contributed by atoms with Gasteiger partial charge in [0.15, 0.2) is 0 Å². The van der Waals surface area contributed by atoms with Gasteiger partial charge in [-0.05, 0) is 49.4 Å². The van der Waals surface area contributed by atoms with Crippen molar-refractivity contribution in [1.29, 1.82) is 0 Å². The van der Waals surface area contributed by atoms with Crippen LogP contribution in [0.5, 0.6) is 5.75 Å². The highest BCUT2D eigenvalue weighted by molar-refractivity contribution is 7.99. The quantitative estimate of drug-likeness (QED) is 0.779. The van der Waals surface area contributed by atoms with Crippen LogP contribution in [0.4, 0.5) is 5.69 Å². The van der Waals surface area contributed by atoms with E-state index >= 15 is 0 Å². The number of hydrogen-bond acceptors (Lipinski definition) is 5. The molecule has 0 unspecified atom stereocenters. The number of ether oxygens (including phenoxy) is 1. The van der Waals surface area contributed by atoms with Gasteiger partial charge in [0.2, 0.25) is 0 Å². The normalized spacial score (nSPS) is 16.2. The summed E-state index contributed by atoms with van der Waals surface area (Å²) in [4.78, 5) is 17.7. The molecule has 0 bridgehead atoms. The maximum atomic E-state index is 11.2. The Morgan fingerprint density at radius 2 is 1.81 bits per heavy atom. The molecule has 0 aromatic heterocycles. The summed E-state index contributed by atoms with van der Waals surface area (Å²) in [6.45, 7) is 4.71. The number of aliphatic carboxylic acids is 1. The zero-order chi connectivity index (χ0) is 19.4. The van der Waals surface area contributed by atoms with Gasteiger partial charge >= 0.3 is 5.97 Å². The molecule has 0 aliphatic carbocycles. The van der Waals surface area contributed by atoms with Crippen molar-refractivity contribution >= 4 is 35.0 Å². The fourth-order valence-corrected chi connectivity index (χ4v) is 4.22. The number of nitrogens with zero attached hydrogens (tertiary/aromatic N) is 2. The molecule has 1 N–H and O–H groups in total. The van der Waals surface area contributed by atoms with Crippen LogP contribution in [-0.2, 0) is 4.79 Å². The maximum Gasteiger partial charge on any atom is 0.320 e. The lowest BCUT2D eigenvalue weighted by atomic mass is 10.2. The molecule has 2 aromatic rings. The third-order valence-corrected chi connectivity index (χ3v) is 6.08. The third kappa shape index (κ3) is 4.89. The van der Waals surface area contributed by atoms with Gasteiger partial charge in [0, 0.05) is 41.0 Å². The number of methoxy groups -OCH3 is 1. The van der Waals surface area contributed by atoms with Crippen molar-refractivity contribution < 1.29 is 14.6 Å². The summed E-state index contributed by atoms with van der Waals surface area (Å²) in [7, 11) is 1.66. The second kappa shape index (κ2) is 8.87. The second-order valence-corrected chi connectivity index (χ2v) is 7.98. The Labute approximate surface area is 168 Å². The lowest BCUT2D eigenvalue weighted by Crippen LogP contribution is -2.51. The molecule has 2 aromatic carbocycles. The highest BCUT2D eigenvalue weighted by atomic mass is 35.5. The number of carboxylic acid groups (broad SMARTS) is 1. The van der Waals surface area contributed by atoms with Crippen molar-refractivity contribution in [3.8, 4) is 5.75 Å². The molecule has 1 saturated heterocycles. The summed E-state index contributed by atoms with van der Waals surface area (Å²) < 4.78 is 5.22. The van der Waals surface area contributed by atoms with E-state index < -0.39 is 12.0 Å². The van der Waals surface area contributed by atoms with E-state index in [1.807, 2.05) is 47.4 Å². The Kier molecular flexibility index (Phi) is 6.52. The molecule has 1 fully saturated rings. The third-order valence-electron chi connectivity index (χ3n) is 4.77. The molecule has 144 valence electrons. The second-order valence-electron chi connectivity index (χ2n) is 6.43. The first-order valence-electron chi connectivity index (χ1n) is 8.81. The van der Waals surface area contributed by atoms with E-state index in [2.05, 4.69) is 4.90 Å².